The number of rotatable bonds is 4. The zero-order valence-electron chi connectivity index (χ0n) is 13.1. The van der Waals surface area contributed by atoms with Crippen molar-refractivity contribution in [3.05, 3.63) is 54.6 Å². The average Bonchev–Trinajstić information content (AvgIpc) is 3.37. The van der Waals surface area contributed by atoms with Gasteiger partial charge in [-0.05, 0) is 47.5 Å². The third-order valence-electron chi connectivity index (χ3n) is 4.30. The van der Waals surface area contributed by atoms with Crippen LogP contribution in [0.15, 0.2) is 49.1 Å². The first-order valence-corrected chi connectivity index (χ1v) is 7.93. The van der Waals surface area contributed by atoms with Crippen molar-refractivity contribution >= 4 is 5.91 Å². The standard InChI is InChI=1S/C16H17N7O/c24-16(13-4-1-5-14(10-13)23-12-17-19-20-23)22-9-2-6-15(22)11-21-8-3-7-18-21/h1,3-5,7-8,10,12,15H,2,6,9,11H2/t15-/m0/s1. The lowest BCUT2D eigenvalue weighted by Crippen LogP contribution is -2.38. The van der Waals surface area contributed by atoms with Crippen molar-refractivity contribution in [1.82, 2.24) is 34.9 Å². The Morgan fingerprint density at radius 2 is 2.25 bits per heavy atom. The van der Waals surface area contributed by atoms with E-state index in [1.54, 1.807) is 10.9 Å². The summed E-state index contributed by atoms with van der Waals surface area (Å²) in [6.45, 7) is 1.51. The molecule has 0 aliphatic carbocycles. The lowest BCUT2D eigenvalue weighted by Gasteiger charge is -2.25. The lowest BCUT2D eigenvalue weighted by molar-refractivity contribution is 0.0721. The Balaban J connectivity index is 1.55. The number of carbonyl (C=O) groups is 1. The SMILES string of the molecule is O=C(c1cccc(-n2cnnn2)c1)N1CCC[C@H]1Cn1cccn1. The zero-order chi connectivity index (χ0) is 16.4. The van der Waals surface area contributed by atoms with Crippen LogP contribution >= 0.6 is 0 Å². The minimum absolute atomic E-state index is 0.0413. The summed E-state index contributed by atoms with van der Waals surface area (Å²) < 4.78 is 3.43. The third kappa shape index (κ3) is 2.78. The number of benzene rings is 1. The van der Waals surface area contributed by atoms with Crippen LogP contribution in [-0.2, 0) is 6.54 Å². The molecule has 1 aliphatic rings. The van der Waals surface area contributed by atoms with Crippen molar-refractivity contribution in [2.24, 2.45) is 0 Å². The molecule has 3 aromatic rings. The second kappa shape index (κ2) is 6.23. The van der Waals surface area contributed by atoms with E-state index in [1.165, 1.54) is 6.33 Å². The van der Waals surface area contributed by atoms with Gasteiger partial charge in [0.2, 0.25) is 0 Å². The number of amides is 1. The molecule has 0 saturated carbocycles. The maximum atomic E-state index is 12.9. The highest BCUT2D eigenvalue weighted by Gasteiger charge is 2.29. The molecule has 1 atom stereocenters. The van der Waals surface area contributed by atoms with Gasteiger partial charge in [0.25, 0.3) is 5.91 Å². The van der Waals surface area contributed by atoms with Crippen molar-refractivity contribution in [1.29, 1.82) is 0 Å². The molecule has 122 valence electrons. The molecule has 0 N–H and O–H groups in total. The van der Waals surface area contributed by atoms with E-state index in [4.69, 9.17) is 0 Å². The minimum atomic E-state index is 0.0413. The van der Waals surface area contributed by atoms with Crippen LogP contribution in [0.25, 0.3) is 5.69 Å². The predicted octanol–water partition coefficient (Wildman–Crippen LogP) is 1.16. The maximum Gasteiger partial charge on any atom is 0.254 e. The van der Waals surface area contributed by atoms with Gasteiger partial charge in [0.05, 0.1) is 18.3 Å². The molecular formula is C16H17N7O. The first-order valence-electron chi connectivity index (χ1n) is 7.93. The van der Waals surface area contributed by atoms with E-state index in [1.807, 2.05) is 46.1 Å². The number of carbonyl (C=O) groups excluding carboxylic acids is 1. The molecule has 1 amide bonds. The van der Waals surface area contributed by atoms with Crippen LogP contribution in [0.4, 0.5) is 0 Å². The topological polar surface area (TPSA) is 81.7 Å². The number of nitrogens with zero attached hydrogens (tertiary/aromatic N) is 7. The molecule has 3 heterocycles. The third-order valence-corrected chi connectivity index (χ3v) is 4.30. The Morgan fingerprint density at radius 3 is 3.04 bits per heavy atom. The van der Waals surface area contributed by atoms with E-state index < -0.39 is 0 Å². The number of hydrogen-bond donors (Lipinski definition) is 0. The fraction of sp³-hybridized carbons (Fsp3) is 0.312. The normalized spacial score (nSPS) is 17.3. The van der Waals surface area contributed by atoms with Gasteiger partial charge < -0.3 is 4.90 Å². The second-order valence-electron chi connectivity index (χ2n) is 5.83. The molecule has 1 aliphatic heterocycles. The van der Waals surface area contributed by atoms with Crippen LogP contribution in [-0.4, -0.2) is 53.4 Å². The zero-order valence-corrected chi connectivity index (χ0v) is 13.1. The van der Waals surface area contributed by atoms with Gasteiger partial charge in [-0.2, -0.15) is 5.10 Å². The maximum absolute atomic E-state index is 12.9. The summed E-state index contributed by atoms with van der Waals surface area (Å²) in [5.41, 5.74) is 1.42. The largest absolute Gasteiger partial charge is 0.334 e. The molecule has 8 heteroatoms. The molecule has 2 aromatic heterocycles. The minimum Gasteiger partial charge on any atom is -0.334 e. The average molecular weight is 323 g/mol. The smallest absolute Gasteiger partial charge is 0.254 e. The molecule has 1 saturated heterocycles. The van der Waals surface area contributed by atoms with E-state index in [0.29, 0.717) is 5.56 Å². The number of aromatic nitrogens is 6. The van der Waals surface area contributed by atoms with Crippen LogP contribution in [0.5, 0.6) is 0 Å². The van der Waals surface area contributed by atoms with E-state index >= 15 is 0 Å². The van der Waals surface area contributed by atoms with Crippen molar-refractivity contribution in [3.63, 3.8) is 0 Å². The van der Waals surface area contributed by atoms with Gasteiger partial charge in [0.1, 0.15) is 6.33 Å². The van der Waals surface area contributed by atoms with Gasteiger partial charge in [0, 0.05) is 24.5 Å². The van der Waals surface area contributed by atoms with Crippen LogP contribution in [0.3, 0.4) is 0 Å². The molecule has 0 bridgehead atoms. The summed E-state index contributed by atoms with van der Waals surface area (Å²) in [5, 5.41) is 15.4. The summed E-state index contributed by atoms with van der Waals surface area (Å²) in [5.74, 6) is 0.0413. The molecule has 4 rings (SSSR count). The first kappa shape index (κ1) is 14.6. The van der Waals surface area contributed by atoms with Crippen molar-refractivity contribution in [2.45, 2.75) is 25.4 Å². The molecule has 0 radical (unpaired) electrons. The van der Waals surface area contributed by atoms with Crippen LogP contribution in [0, 0.1) is 0 Å². The van der Waals surface area contributed by atoms with E-state index in [-0.39, 0.29) is 11.9 Å². The Labute approximate surface area is 138 Å². The highest BCUT2D eigenvalue weighted by molar-refractivity contribution is 5.95. The van der Waals surface area contributed by atoms with Crippen LogP contribution in [0.2, 0.25) is 0 Å². The molecular weight excluding hydrogens is 306 g/mol. The number of tetrazole rings is 1. The monoisotopic (exact) mass is 323 g/mol. The summed E-state index contributed by atoms with van der Waals surface area (Å²) in [6, 6.07) is 9.45. The number of likely N-dealkylation sites (tertiary alicyclic amines) is 1. The van der Waals surface area contributed by atoms with E-state index in [9.17, 15) is 4.79 Å². The molecule has 1 aromatic carbocycles. The highest BCUT2D eigenvalue weighted by Crippen LogP contribution is 2.22. The van der Waals surface area contributed by atoms with Gasteiger partial charge in [-0.25, -0.2) is 4.68 Å². The Bertz CT molecular complexity index is 813. The van der Waals surface area contributed by atoms with Gasteiger partial charge in [-0.3, -0.25) is 9.48 Å². The second-order valence-corrected chi connectivity index (χ2v) is 5.83. The van der Waals surface area contributed by atoms with Gasteiger partial charge in [-0.1, -0.05) is 6.07 Å². The molecule has 0 spiro atoms. The highest BCUT2D eigenvalue weighted by atomic mass is 16.2. The first-order chi connectivity index (χ1) is 11.8. The van der Waals surface area contributed by atoms with E-state index in [2.05, 4.69) is 20.6 Å². The quantitative estimate of drug-likeness (QED) is 0.720. The fourth-order valence-corrected chi connectivity index (χ4v) is 3.14. The van der Waals surface area contributed by atoms with Gasteiger partial charge in [0.15, 0.2) is 0 Å². The summed E-state index contributed by atoms with van der Waals surface area (Å²) in [6.07, 6.45) is 7.22. The van der Waals surface area contributed by atoms with E-state index in [0.717, 1.165) is 31.6 Å². The summed E-state index contributed by atoms with van der Waals surface area (Å²) >= 11 is 0. The Hall–Kier alpha value is -3.03. The van der Waals surface area contributed by atoms with Gasteiger partial charge >= 0.3 is 0 Å². The molecule has 24 heavy (non-hydrogen) atoms. The summed E-state index contributed by atoms with van der Waals surface area (Å²) in [4.78, 5) is 14.9. The number of hydrogen-bond acceptors (Lipinski definition) is 5. The van der Waals surface area contributed by atoms with Crippen molar-refractivity contribution < 1.29 is 4.79 Å². The molecule has 8 nitrogen and oxygen atoms in total. The molecule has 1 fully saturated rings. The van der Waals surface area contributed by atoms with Crippen molar-refractivity contribution in [2.75, 3.05) is 6.54 Å². The Kier molecular flexibility index (Phi) is 3.78. The summed E-state index contributed by atoms with van der Waals surface area (Å²) in [7, 11) is 0. The van der Waals surface area contributed by atoms with Gasteiger partial charge in [-0.15, -0.1) is 5.10 Å². The predicted molar refractivity (Wildman–Crippen MR) is 85.4 cm³/mol. The van der Waals surface area contributed by atoms with Crippen molar-refractivity contribution in [3.8, 4) is 5.69 Å². The van der Waals surface area contributed by atoms with Crippen LogP contribution in [0.1, 0.15) is 23.2 Å². The Morgan fingerprint density at radius 1 is 1.29 bits per heavy atom. The van der Waals surface area contributed by atoms with Crippen LogP contribution < -0.4 is 0 Å². The molecule has 0 unspecified atom stereocenters. The fourth-order valence-electron chi connectivity index (χ4n) is 3.14. The lowest BCUT2D eigenvalue weighted by atomic mass is 10.1.